The molecule has 1 aromatic rings. The van der Waals surface area contributed by atoms with Crippen molar-refractivity contribution in [3.8, 4) is 5.88 Å². The lowest BCUT2D eigenvalue weighted by Gasteiger charge is -2.09. The molecule has 1 aromatic heterocycles. The Morgan fingerprint density at radius 3 is 3.17 bits per heavy atom. The maximum atomic E-state index is 5.05. The fraction of sp³-hybridized carbons (Fsp3) is 0.300. The number of hydrogen-bond acceptors (Lipinski definition) is 2. The van der Waals surface area contributed by atoms with Gasteiger partial charge in [0.1, 0.15) is 0 Å². The topological polar surface area (TPSA) is 22.1 Å². The number of allylic oxidation sites excluding steroid dienone is 1. The third-order valence-electron chi connectivity index (χ3n) is 2.04. The molecule has 0 aliphatic heterocycles. The van der Waals surface area contributed by atoms with Gasteiger partial charge in [-0.3, -0.25) is 0 Å². The maximum Gasteiger partial charge on any atom is 0.213 e. The van der Waals surface area contributed by atoms with Crippen LogP contribution in [0.1, 0.15) is 17.7 Å². The summed E-state index contributed by atoms with van der Waals surface area (Å²) in [4.78, 5) is 4.36. The van der Waals surface area contributed by atoms with Gasteiger partial charge in [0.2, 0.25) is 5.88 Å². The Labute approximate surface area is 71.9 Å². The van der Waals surface area contributed by atoms with E-state index in [0.29, 0.717) is 5.88 Å². The minimum Gasteiger partial charge on any atom is -0.481 e. The van der Waals surface area contributed by atoms with E-state index in [2.05, 4.69) is 23.2 Å². The summed E-state index contributed by atoms with van der Waals surface area (Å²) < 4.78 is 5.05. The van der Waals surface area contributed by atoms with E-state index in [1.54, 1.807) is 7.11 Å². The number of methoxy groups -OCH3 is 1. The van der Waals surface area contributed by atoms with Gasteiger partial charge in [0.05, 0.1) is 12.8 Å². The van der Waals surface area contributed by atoms with E-state index in [-0.39, 0.29) is 0 Å². The number of pyridine rings is 1. The van der Waals surface area contributed by atoms with Crippen LogP contribution in [0.3, 0.4) is 0 Å². The van der Waals surface area contributed by atoms with E-state index in [4.69, 9.17) is 4.74 Å². The van der Waals surface area contributed by atoms with Crippen LogP contribution in [-0.4, -0.2) is 12.1 Å². The van der Waals surface area contributed by atoms with Crippen molar-refractivity contribution in [3.63, 3.8) is 0 Å². The van der Waals surface area contributed by atoms with Crippen molar-refractivity contribution >= 4 is 6.08 Å². The van der Waals surface area contributed by atoms with Crippen molar-refractivity contribution in [1.29, 1.82) is 0 Å². The highest BCUT2D eigenvalue weighted by molar-refractivity contribution is 5.54. The Morgan fingerprint density at radius 2 is 2.33 bits per heavy atom. The molecule has 1 aliphatic rings. The number of aromatic nitrogens is 1. The molecule has 2 nitrogen and oxygen atoms in total. The van der Waals surface area contributed by atoms with Gasteiger partial charge in [0.15, 0.2) is 0 Å². The Balaban J connectivity index is 2.44. The Kier molecular flexibility index (Phi) is 1.82. The lowest BCUT2D eigenvalue weighted by molar-refractivity contribution is 0.396. The lowest BCUT2D eigenvalue weighted by Crippen LogP contribution is -1.99. The van der Waals surface area contributed by atoms with Crippen molar-refractivity contribution < 1.29 is 4.74 Å². The van der Waals surface area contributed by atoms with Crippen LogP contribution >= 0.6 is 0 Å². The molecule has 12 heavy (non-hydrogen) atoms. The van der Waals surface area contributed by atoms with Gasteiger partial charge in [-0.05, 0) is 24.5 Å². The third-order valence-corrected chi connectivity index (χ3v) is 2.04. The summed E-state index contributed by atoms with van der Waals surface area (Å²) in [5, 5.41) is 0. The molecule has 62 valence electrons. The summed E-state index contributed by atoms with van der Waals surface area (Å²) in [7, 11) is 1.65. The molecule has 0 saturated heterocycles. The average molecular weight is 161 g/mol. The van der Waals surface area contributed by atoms with Crippen LogP contribution in [0.2, 0.25) is 0 Å². The molecular formula is C10H11NO. The summed E-state index contributed by atoms with van der Waals surface area (Å²) in [6.07, 6.45) is 6.41. The van der Waals surface area contributed by atoms with E-state index in [1.165, 1.54) is 5.56 Å². The smallest absolute Gasteiger partial charge is 0.213 e. The SMILES string of the molecule is COc1ccc2c(n1)CCC=C2. The first-order chi connectivity index (χ1) is 5.90. The largest absolute Gasteiger partial charge is 0.481 e. The summed E-state index contributed by atoms with van der Waals surface area (Å²) in [6.45, 7) is 0. The lowest BCUT2D eigenvalue weighted by atomic mass is 10.0. The van der Waals surface area contributed by atoms with Gasteiger partial charge in [-0.1, -0.05) is 12.2 Å². The molecule has 0 unspecified atom stereocenters. The maximum absolute atomic E-state index is 5.05. The van der Waals surface area contributed by atoms with Crippen molar-refractivity contribution in [3.05, 3.63) is 29.5 Å². The van der Waals surface area contributed by atoms with Gasteiger partial charge in [0, 0.05) is 6.07 Å². The zero-order chi connectivity index (χ0) is 8.39. The Bertz CT molecular complexity index is 318. The summed E-state index contributed by atoms with van der Waals surface area (Å²) in [5.41, 5.74) is 2.37. The zero-order valence-corrected chi connectivity index (χ0v) is 7.08. The molecule has 1 aliphatic carbocycles. The molecule has 0 aromatic carbocycles. The third kappa shape index (κ3) is 1.20. The van der Waals surface area contributed by atoms with E-state index in [1.807, 2.05) is 6.07 Å². The molecule has 0 fully saturated rings. The van der Waals surface area contributed by atoms with Crippen LogP contribution < -0.4 is 4.74 Å². The van der Waals surface area contributed by atoms with E-state index < -0.39 is 0 Å². The molecule has 0 spiro atoms. The monoisotopic (exact) mass is 161 g/mol. The summed E-state index contributed by atoms with van der Waals surface area (Å²) in [5.74, 6) is 0.712. The van der Waals surface area contributed by atoms with Gasteiger partial charge >= 0.3 is 0 Å². The van der Waals surface area contributed by atoms with Crippen LogP contribution in [0.25, 0.3) is 6.08 Å². The molecule has 0 N–H and O–H groups in total. The second-order valence-corrected chi connectivity index (χ2v) is 2.83. The number of nitrogens with zero attached hydrogens (tertiary/aromatic N) is 1. The van der Waals surface area contributed by atoms with Crippen LogP contribution in [0.15, 0.2) is 18.2 Å². The summed E-state index contributed by atoms with van der Waals surface area (Å²) in [6, 6.07) is 3.95. The summed E-state index contributed by atoms with van der Waals surface area (Å²) >= 11 is 0. The van der Waals surface area contributed by atoms with Gasteiger partial charge < -0.3 is 4.74 Å². The average Bonchev–Trinajstić information content (AvgIpc) is 2.17. The first kappa shape index (κ1) is 7.35. The number of ether oxygens (including phenoxy) is 1. The Morgan fingerprint density at radius 1 is 1.42 bits per heavy atom. The standard InChI is InChI=1S/C10H11NO/c1-12-10-7-6-8-4-2-3-5-9(8)11-10/h2,4,6-7H,3,5H2,1H3. The second-order valence-electron chi connectivity index (χ2n) is 2.83. The predicted molar refractivity (Wildman–Crippen MR) is 48.1 cm³/mol. The van der Waals surface area contributed by atoms with Crippen LogP contribution in [0.4, 0.5) is 0 Å². The molecule has 0 atom stereocenters. The second kappa shape index (κ2) is 2.97. The number of aryl methyl sites for hydroxylation is 1. The molecule has 2 rings (SSSR count). The molecule has 0 radical (unpaired) electrons. The van der Waals surface area contributed by atoms with Gasteiger partial charge in [-0.25, -0.2) is 4.98 Å². The highest BCUT2D eigenvalue weighted by Gasteiger charge is 2.06. The highest BCUT2D eigenvalue weighted by atomic mass is 16.5. The van der Waals surface area contributed by atoms with Gasteiger partial charge in [0.25, 0.3) is 0 Å². The first-order valence-corrected chi connectivity index (χ1v) is 4.10. The minimum absolute atomic E-state index is 0.712. The molecular weight excluding hydrogens is 150 g/mol. The number of fused-ring (bicyclic) bond motifs is 1. The van der Waals surface area contributed by atoms with Gasteiger partial charge in [-0.2, -0.15) is 0 Å². The van der Waals surface area contributed by atoms with Gasteiger partial charge in [-0.15, -0.1) is 0 Å². The van der Waals surface area contributed by atoms with Crippen molar-refractivity contribution in [1.82, 2.24) is 4.98 Å². The number of hydrogen-bond donors (Lipinski definition) is 0. The van der Waals surface area contributed by atoms with E-state index >= 15 is 0 Å². The molecule has 0 amide bonds. The van der Waals surface area contributed by atoms with Crippen molar-refractivity contribution in [2.45, 2.75) is 12.8 Å². The van der Waals surface area contributed by atoms with Crippen LogP contribution in [-0.2, 0) is 6.42 Å². The van der Waals surface area contributed by atoms with Crippen LogP contribution in [0, 0.1) is 0 Å². The molecule has 1 heterocycles. The Hall–Kier alpha value is -1.31. The van der Waals surface area contributed by atoms with Crippen molar-refractivity contribution in [2.24, 2.45) is 0 Å². The van der Waals surface area contributed by atoms with Crippen molar-refractivity contribution in [2.75, 3.05) is 7.11 Å². The van der Waals surface area contributed by atoms with E-state index in [9.17, 15) is 0 Å². The number of rotatable bonds is 1. The zero-order valence-electron chi connectivity index (χ0n) is 7.08. The normalized spacial score (nSPS) is 14.1. The molecule has 2 heteroatoms. The molecule has 0 saturated carbocycles. The highest BCUT2D eigenvalue weighted by Crippen LogP contribution is 2.19. The van der Waals surface area contributed by atoms with E-state index in [0.717, 1.165) is 18.5 Å². The first-order valence-electron chi connectivity index (χ1n) is 4.10. The predicted octanol–water partition coefficient (Wildman–Crippen LogP) is 2.05. The quantitative estimate of drug-likeness (QED) is 0.629. The fourth-order valence-corrected chi connectivity index (χ4v) is 1.39. The van der Waals surface area contributed by atoms with Crippen LogP contribution in [0.5, 0.6) is 5.88 Å². The fourth-order valence-electron chi connectivity index (χ4n) is 1.39. The minimum atomic E-state index is 0.712. The molecule has 0 bridgehead atoms.